The lowest BCUT2D eigenvalue weighted by atomic mass is 9.97. The minimum absolute atomic E-state index is 0.461. The van der Waals surface area contributed by atoms with Crippen LogP contribution in [0, 0.1) is 0 Å². The molecule has 0 aromatic rings. The number of nitrogens with two attached hydrogens (primary N) is 1. The molecule has 1 aliphatic heterocycles. The first kappa shape index (κ1) is 10.4. The van der Waals surface area contributed by atoms with E-state index in [1.54, 1.807) is 6.92 Å². The van der Waals surface area contributed by atoms with Gasteiger partial charge in [0, 0.05) is 0 Å². The highest BCUT2D eigenvalue weighted by atomic mass is 32.3. The molecule has 1 amide bonds. The van der Waals surface area contributed by atoms with Crippen molar-refractivity contribution in [2.24, 2.45) is 5.73 Å². The molecule has 0 saturated carbocycles. The van der Waals surface area contributed by atoms with E-state index in [0.717, 1.165) is 0 Å². The minimum atomic E-state index is -4.63. The summed E-state index contributed by atoms with van der Waals surface area (Å²) in [6.07, 6.45) is 0.461. The molecule has 8 heteroatoms. The van der Waals surface area contributed by atoms with Crippen LogP contribution in [0.15, 0.2) is 0 Å². The third kappa shape index (κ3) is 1.97. The van der Waals surface area contributed by atoms with Crippen LogP contribution < -0.4 is 5.73 Å². The zero-order chi connectivity index (χ0) is 10.2. The van der Waals surface area contributed by atoms with E-state index in [2.05, 4.69) is 4.28 Å². The number of carbonyl (C=O) groups is 1. The van der Waals surface area contributed by atoms with Crippen molar-refractivity contribution in [2.75, 3.05) is 0 Å². The van der Waals surface area contributed by atoms with Crippen LogP contribution in [0.25, 0.3) is 0 Å². The molecule has 1 heterocycles. The summed E-state index contributed by atoms with van der Waals surface area (Å²) in [6.45, 7) is 1.72. The molecule has 13 heavy (non-hydrogen) atoms. The Morgan fingerprint density at radius 1 is 1.69 bits per heavy atom. The lowest BCUT2D eigenvalue weighted by molar-refractivity contribution is -0.195. The third-order valence-electron chi connectivity index (χ3n) is 1.81. The predicted molar refractivity (Wildman–Crippen MR) is 41.5 cm³/mol. The summed E-state index contributed by atoms with van der Waals surface area (Å²) in [5.74, 6) is -0.649. The van der Waals surface area contributed by atoms with E-state index in [9.17, 15) is 13.2 Å². The van der Waals surface area contributed by atoms with Gasteiger partial charge in [-0.2, -0.15) is 13.5 Å². The fourth-order valence-electron chi connectivity index (χ4n) is 1.15. The van der Waals surface area contributed by atoms with E-state index in [1.165, 1.54) is 0 Å². The first-order valence-corrected chi connectivity index (χ1v) is 4.99. The van der Waals surface area contributed by atoms with Crippen LogP contribution >= 0.6 is 0 Å². The highest BCUT2D eigenvalue weighted by molar-refractivity contribution is 7.80. The Bertz CT molecular complexity index is 313. The Morgan fingerprint density at radius 3 is 2.62 bits per heavy atom. The molecule has 0 radical (unpaired) electrons. The van der Waals surface area contributed by atoms with Gasteiger partial charge in [0.1, 0.15) is 6.04 Å². The van der Waals surface area contributed by atoms with Gasteiger partial charge < -0.3 is 5.73 Å². The van der Waals surface area contributed by atoms with Crippen LogP contribution in [-0.4, -0.2) is 36.0 Å². The van der Waals surface area contributed by atoms with Gasteiger partial charge in [-0.1, -0.05) is 6.92 Å². The third-order valence-corrected chi connectivity index (χ3v) is 2.16. The number of rotatable bonds is 3. The van der Waals surface area contributed by atoms with Crippen molar-refractivity contribution < 1.29 is 22.0 Å². The first-order chi connectivity index (χ1) is 5.87. The van der Waals surface area contributed by atoms with Crippen molar-refractivity contribution >= 4 is 16.3 Å². The van der Waals surface area contributed by atoms with Gasteiger partial charge >= 0.3 is 10.4 Å². The maximum Gasteiger partial charge on any atom is 0.418 e. The number of β-lactam (4-membered cyclic amide) rings is 1. The van der Waals surface area contributed by atoms with Crippen molar-refractivity contribution in [3.8, 4) is 0 Å². The van der Waals surface area contributed by atoms with Crippen LogP contribution in [0.5, 0.6) is 0 Å². The highest BCUT2D eigenvalue weighted by Crippen LogP contribution is 2.22. The Balaban J connectivity index is 2.67. The molecular weight excluding hydrogens is 200 g/mol. The number of carbonyl (C=O) groups excluding carboxylic acids is 1. The van der Waals surface area contributed by atoms with Gasteiger partial charge in [0.25, 0.3) is 5.91 Å². The summed E-state index contributed by atoms with van der Waals surface area (Å²) < 4.78 is 32.8. The van der Waals surface area contributed by atoms with Gasteiger partial charge in [0.2, 0.25) is 0 Å². The summed E-state index contributed by atoms with van der Waals surface area (Å²) in [5.41, 5.74) is 5.34. The number of hydrogen-bond acceptors (Lipinski definition) is 5. The average Bonchev–Trinajstić information content (AvgIpc) is 2.01. The van der Waals surface area contributed by atoms with Gasteiger partial charge in [-0.25, -0.2) is 0 Å². The fraction of sp³-hybridized carbons (Fsp3) is 0.800. The highest BCUT2D eigenvalue weighted by Gasteiger charge is 2.47. The van der Waals surface area contributed by atoms with Gasteiger partial charge in [-0.3, -0.25) is 9.35 Å². The molecule has 2 atom stereocenters. The molecule has 1 saturated heterocycles. The number of hydrogen-bond donors (Lipinski definition) is 2. The SMILES string of the molecule is CC[C@@H]1[C@H](N)C(=O)N1OS(=O)(=O)O. The van der Waals surface area contributed by atoms with Crippen LogP contribution in [0.2, 0.25) is 0 Å². The molecule has 1 aliphatic rings. The summed E-state index contributed by atoms with van der Waals surface area (Å²) in [5, 5.41) is 0.569. The second-order valence-electron chi connectivity index (χ2n) is 2.67. The standard InChI is InChI=1S/C5H10N2O5S/c1-2-3-4(6)5(8)7(3)12-13(9,10)11/h3-4H,2,6H2,1H3,(H,9,10,11)/t3-,4+/m1/s1. The monoisotopic (exact) mass is 210 g/mol. The van der Waals surface area contributed by atoms with Gasteiger partial charge in [-0.05, 0) is 6.42 Å². The molecule has 0 aromatic carbocycles. The van der Waals surface area contributed by atoms with Crippen molar-refractivity contribution in [2.45, 2.75) is 25.4 Å². The predicted octanol–water partition coefficient (Wildman–Crippen LogP) is -1.33. The van der Waals surface area contributed by atoms with E-state index in [1.807, 2.05) is 0 Å². The van der Waals surface area contributed by atoms with Crippen LogP contribution in [0.4, 0.5) is 0 Å². The fourth-order valence-corrected chi connectivity index (χ4v) is 1.54. The second kappa shape index (κ2) is 3.22. The molecular formula is C5H10N2O5S. The molecule has 1 rings (SSSR count). The van der Waals surface area contributed by atoms with Crippen molar-refractivity contribution in [3.63, 3.8) is 0 Å². The van der Waals surface area contributed by atoms with Crippen molar-refractivity contribution in [3.05, 3.63) is 0 Å². The molecule has 0 aliphatic carbocycles. The Hall–Kier alpha value is -0.700. The zero-order valence-corrected chi connectivity index (χ0v) is 7.69. The number of amides is 1. The van der Waals surface area contributed by atoms with E-state index in [0.29, 0.717) is 11.5 Å². The van der Waals surface area contributed by atoms with E-state index in [-0.39, 0.29) is 0 Å². The zero-order valence-electron chi connectivity index (χ0n) is 6.87. The van der Waals surface area contributed by atoms with E-state index < -0.39 is 28.4 Å². The molecule has 7 nitrogen and oxygen atoms in total. The molecule has 0 spiro atoms. The first-order valence-electron chi connectivity index (χ1n) is 3.62. The summed E-state index contributed by atoms with van der Waals surface area (Å²) >= 11 is 0. The summed E-state index contributed by atoms with van der Waals surface area (Å²) in [7, 11) is -4.63. The van der Waals surface area contributed by atoms with Crippen LogP contribution in [0.3, 0.4) is 0 Å². The molecule has 0 bridgehead atoms. The Morgan fingerprint density at radius 2 is 2.23 bits per heavy atom. The molecule has 76 valence electrons. The van der Waals surface area contributed by atoms with Gasteiger partial charge in [0.05, 0.1) is 6.04 Å². The topological polar surface area (TPSA) is 110 Å². The number of nitrogens with zero attached hydrogens (tertiary/aromatic N) is 1. The van der Waals surface area contributed by atoms with Crippen molar-refractivity contribution in [1.29, 1.82) is 0 Å². The van der Waals surface area contributed by atoms with Gasteiger partial charge in [-0.15, -0.1) is 4.28 Å². The average molecular weight is 210 g/mol. The summed E-state index contributed by atoms with van der Waals surface area (Å²) in [6, 6.07) is -1.24. The number of hydroxylamine groups is 2. The quantitative estimate of drug-likeness (QED) is 0.441. The molecule has 0 unspecified atom stereocenters. The largest absolute Gasteiger partial charge is 0.418 e. The lowest BCUT2D eigenvalue weighted by Crippen LogP contribution is -2.68. The van der Waals surface area contributed by atoms with E-state index >= 15 is 0 Å². The summed E-state index contributed by atoms with van der Waals surface area (Å²) in [4.78, 5) is 10.9. The van der Waals surface area contributed by atoms with Crippen LogP contribution in [-0.2, 0) is 19.5 Å². The van der Waals surface area contributed by atoms with E-state index in [4.69, 9.17) is 10.3 Å². The smallest absolute Gasteiger partial charge is 0.318 e. The minimum Gasteiger partial charge on any atom is -0.318 e. The van der Waals surface area contributed by atoms with Crippen molar-refractivity contribution in [1.82, 2.24) is 5.06 Å². The normalized spacial score (nSPS) is 28.8. The molecule has 1 fully saturated rings. The Kier molecular flexibility index (Phi) is 2.57. The maximum absolute atomic E-state index is 10.9. The molecule has 0 aromatic heterocycles. The maximum atomic E-state index is 10.9. The van der Waals surface area contributed by atoms with Crippen LogP contribution in [0.1, 0.15) is 13.3 Å². The second-order valence-corrected chi connectivity index (χ2v) is 3.67. The Labute approximate surface area is 75.4 Å². The van der Waals surface area contributed by atoms with Gasteiger partial charge in [0.15, 0.2) is 0 Å². The lowest BCUT2D eigenvalue weighted by Gasteiger charge is -2.41. The molecule has 3 N–H and O–H groups in total.